The van der Waals surface area contributed by atoms with Gasteiger partial charge in [0, 0.05) is 0 Å². The molecule has 0 bridgehead atoms. The summed E-state index contributed by atoms with van der Waals surface area (Å²) in [6.45, 7) is 0. The van der Waals surface area contributed by atoms with Crippen LogP contribution in [-0.4, -0.2) is 19.6 Å². The van der Waals surface area contributed by atoms with Crippen LogP contribution in [0.2, 0.25) is 0 Å². The van der Waals surface area contributed by atoms with Crippen LogP contribution >= 0.6 is 15.6 Å². The first kappa shape index (κ1) is 18.0. The molecule has 8 nitrogen and oxygen atoms in total. The van der Waals surface area contributed by atoms with E-state index >= 15 is 0 Å². The predicted molar refractivity (Wildman–Crippen MR) is 24.1 cm³/mol. The van der Waals surface area contributed by atoms with Crippen molar-refractivity contribution >= 4 is 15.6 Å². The average Bonchev–Trinajstić information content (AvgIpc) is 1.12. The summed E-state index contributed by atoms with van der Waals surface area (Å²) in [5, 5.41) is 0. The third-order valence-corrected chi connectivity index (χ3v) is 0. The van der Waals surface area contributed by atoms with Crippen molar-refractivity contribution in [3.05, 3.63) is 0 Å². The van der Waals surface area contributed by atoms with Crippen LogP contribution in [0.4, 0.5) is 0 Å². The molecule has 11 heavy (non-hydrogen) atoms. The first-order valence-corrected chi connectivity index (χ1v) is 4.59. The Morgan fingerprint density at radius 1 is 0.818 bits per heavy atom. The van der Waals surface area contributed by atoms with E-state index in [1.54, 1.807) is 0 Å². The molecule has 0 aromatic rings. The molecular weight excluding hydrogens is 302 g/mol. The van der Waals surface area contributed by atoms with Crippen LogP contribution in [0.3, 0.4) is 0 Å². The fraction of sp³-hybridized carbons (Fsp3) is 0. The molecule has 64 valence electrons. The molecule has 0 radical (unpaired) electrons. The zero-order valence-corrected chi connectivity index (χ0v) is 10.8. The summed E-state index contributed by atoms with van der Waals surface area (Å²) in [5.74, 6) is 0. The second-order valence-electron chi connectivity index (χ2n) is 0.981. The largest absolute Gasteiger partial charge is 2.00 e. The summed E-state index contributed by atoms with van der Waals surface area (Å²) in [6, 6.07) is 0. The standard InChI is InChI=1S/Cd.2H3O4P/c;2*1-5(2,3)4/h;2*(H3,1,2,3,4)/q+2;;/p-2. The Hall–Kier alpha value is 1.14. The van der Waals surface area contributed by atoms with Gasteiger partial charge in [-0.3, -0.25) is 9.13 Å². The van der Waals surface area contributed by atoms with E-state index in [0.717, 1.165) is 0 Å². The molecule has 0 amide bonds. The van der Waals surface area contributed by atoms with Crippen molar-refractivity contribution in [2.24, 2.45) is 0 Å². The van der Waals surface area contributed by atoms with Gasteiger partial charge in [0.15, 0.2) is 0 Å². The van der Waals surface area contributed by atoms with E-state index in [2.05, 4.69) is 0 Å². The zero-order chi connectivity index (χ0) is 9.00. The molecule has 0 heterocycles. The van der Waals surface area contributed by atoms with Gasteiger partial charge in [0.2, 0.25) is 0 Å². The molecule has 0 aliphatic rings. The molecular formula is H4CdO8P2. The third-order valence-electron chi connectivity index (χ3n) is 0. The first-order chi connectivity index (χ1) is 4.00. The van der Waals surface area contributed by atoms with Gasteiger partial charge in [-0.2, -0.15) is 0 Å². The Morgan fingerprint density at radius 2 is 0.818 bits per heavy atom. The second kappa shape index (κ2) is 6.64. The van der Waals surface area contributed by atoms with Gasteiger partial charge in [-0.25, -0.2) is 0 Å². The first-order valence-electron chi connectivity index (χ1n) is 1.53. The molecule has 0 aliphatic heterocycles. The van der Waals surface area contributed by atoms with Gasteiger partial charge in [-0.1, -0.05) is 0 Å². The van der Waals surface area contributed by atoms with E-state index in [-0.39, 0.29) is 27.3 Å². The molecule has 0 aromatic carbocycles. The van der Waals surface area contributed by atoms with Gasteiger partial charge in [0.25, 0.3) is 15.6 Å². The SMILES string of the molecule is O=P([O-])(O)O.O=P([O-])(O)O.[Cd+2]. The van der Waals surface area contributed by atoms with Gasteiger partial charge in [-0.15, -0.1) is 0 Å². The van der Waals surface area contributed by atoms with Crippen molar-refractivity contribution < 1.29 is 65.8 Å². The number of hydrogen-bond acceptors (Lipinski definition) is 4. The fourth-order valence-corrected chi connectivity index (χ4v) is 0. The summed E-state index contributed by atoms with van der Waals surface area (Å²) in [6.07, 6.45) is 0. The Balaban J connectivity index is -0.000000107. The maximum absolute atomic E-state index is 8.77. The molecule has 0 saturated heterocycles. The monoisotopic (exact) mass is 308 g/mol. The van der Waals surface area contributed by atoms with E-state index < -0.39 is 15.6 Å². The van der Waals surface area contributed by atoms with Gasteiger partial charge in [0.1, 0.15) is 0 Å². The molecule has 0 rings (SSSR count). The predicted octanol–water partition coefficient (Wildman–Crippen LogP) is -3.12. The topological polar surface area (TPSA) is 161 Å². The molecule has 0 atom stereocenters. The summed E-state index contributed by atoms with van der Waals surface area (Å²) >= 11 is 0. The van der Waals surface area contributed by atoms with Gasteiger partial charge in [0.05, 0.1) is 0 Å². The molecule has 4 N–H and O–H groups in total. The van der Waals surface area contributed by atoms with Crippen molar-refractivity contribution in [2.75, 3.05) is 0 Å². The Kier molecular flexibility index (Phi) is 10.9. The molecule has 0 unspecified atom stereocenters. The molecule has 0 aliphatic carbocycles. The van der Waals surface area contributed by atoms with E-state index in [9.17, 15) is 0 Å². The number of rotatable bonds is 0. The minimum Gasteiger partial charge on any atom is -0.756 e. The molecule has 0 spiro atoms. The van der Waals surface area contributed by atoms with E-state index in [4.69, 9.17) is 38.5 Å². The summed E-state index contributed by atoms with van der Waals surface area (Å²) in [7, 11) is -9.78. The van der Waals surface area contributed by atoms with Crippen LogP contribution in [-0.2, 0) is 36.4 Å². The summed E-state index contributed by atoms with van der Waals surface area (Å²) in [5.41, 5.74) is 0. The van der Waals surface area contributed by atoms with Crippen LogP contribution in [0.5, 0.6) is 0 Å². The Bertz CT molecular complexity index is 124. The maximum Gasteiger partial charge on any atom is 2.00 e. The number of phosphoric acid groups is 2. The van der Waals surface area contributed by atoms with Crippen LogP contribution < -0.4 is 9.79 Å². The van der Waals surface area contributed by atoms with Crippen molar-refractivity contribution in [1.82, 2.24) is 0 Å². The van der Waals surface area contributed by atoms with Crippen molar-refractivity contribution in [2.45, 2.75) is 0 Å². The second-order valence-corrected chi connectivity index (χ2v) is 2.94. The summed E-state index contributed by atoms with van der Waals surface area (Å²) < 4.78 is 17.5. The van der Waals surface area contributed by atoms with Crippen LogP contribution in [0.15, 0.2) is 0 Å². The van der Waals surface area contributed by atoms with E-state index in [1.807, 2.05) is 0 Å². The number of hydrogen-bond donors (Lipinski definition) is 4. The molecule has 0 fully saturated rings. The Labute approximate surface area is 81.5 Å². The van der Waals surface area contributed by atoms with Crippen molar-refractivity contribution in [3.63, 3.8) is 0 Å². The quantitative estimate of drug-likeness (QED) is 0.270. The van der Waals surface area contributed by atoms with Gasteiger partial charge in [-0.05, 0) is 0 Å². The van der Waals surface area contributed by atoms with Crippen LogP contribution in [0, 0.1) is 0 Å². The van der Waals surface area contributed by atoms with Gasteiger partial charge >= 0.3 is 27.3 Å². The molecule has 0 aromatic heterocycles. The fourth-order valence-electron chi connectivity index (χ4n) is 0. The van der Waals surface area contributed by atoms with Crippen molar-refractivity contribution in [3.8, 4) is 0 Å². The zero-order valence-electron chi connectivity index (χ0n) is 5.02. The van der Waals surface area contributed by atoms with Gasteiger partial charge < -0.3 is 29.4 Å². The minimum absolute atomic E-state index is 0. The van der Waals surface area contributed by atoms with Crippen LogP contribution in [0.25, 0.3) is 0 Å². The van der Waals surface area contributed by atoms with Crippen LogP contribution in [0.1, 0.15) is 0 Å². The maximum atomic E-state index is 8.77. The normalized spacial score (nSPS) is 10.7. The Morgan fingerprint density at radius 3 is 0.818 bits per heavy atom. The smallest absolute Gasteiger partial charge is 0.756 e. The molecule has 11 heteroatoms. The average molecular weight is 306 g/mol. The van der Waals surface area contributed by atoms with E-state index in [1.165, 1.54) is 0 Å². The summed E-state index contributed by atoms with van der Waals surface area (Å²) in [4.78, 5) is 45.8. The van der Waals surface area contributed by atoms with E-state index in [0.29, 0.717) is 0 Å². The molecule has 0 saturated carbocycles. The van der Waals surface area contributed by atoms with Crippen molar-refractivity contribution in [1.29, 1.82) is 0 Å². The minimum atomic E-state index is -4.89. The third kappa shape index (κ3) is 714.